The first-order chi connectivity index (χ1) is 6.68. The van der Waals surface area contributed by atoms with Crippen LogP contribution in [-0.4, -0.2) is 38.6 Å². The lowest BCUT2D eigenvalue weighted by Gasteiger charge is -2.30. The highest BCUT2D eigenvalue weighted by atomic mass is 32.2. The van der Waals surface area contributed by atoms with Crippen molar-refractivity contribution < 1.29 is 8.42 Å². The van der Waals surface area contributed by atoms with Gasteiger partial charge in [0.1, 0.15) is 0 Å². The predicted octanol–water partition coefficient (Wildman–Crippen LogP) is 0.138. The Morgan fingerprint density at radius 2 is 2.07 bits per heavy atom. The Balaban J connectivity index is 2.53. The quantitative estimate of drug-likeness (QED) is 0.725. The monoisotopic (exact) mass is 234 g/mol. The predicted molar refractivity (Wildman–Crippen MR) is 62.5 cm³/mol. The van der Waals surface area contributed by atoms with Crippen LogP contribution in [0, 0.1) is 5.41 Å². The average Bonchev–Trinajstić information content (AvgIpc) is 2.39. The van der Waals surface area contributed by atoms with Crippen molar-refractivity contribution in [3.63, 3.8) is 0 Å². The third-order valence-electron chi connectivity index (χ3n) is 3.05. The van der Waals surface area contributed by atoms with Crippen molar-refractivity contribution in [1.82, 2.24) is 5.32 Å². The summed E-state index contributed by atoms with van der Waals surface area (Å²) in [4.78, 5) is 0. The lowest BCUT2D eigenvalue weighted by Crippen LogP contribution is -2.48. The van der Waals surface area contributed by atoms with E-state index in [4.69, 9.17) is 5.73 Å². The molecule has 15 heavy (non-hydrogen) atoms. The zero-order chi connectivity index (χ0) is 11.7. The second kappa shape index (κ2) is 4.03. The molecule has 1 rings (SSSR count). The lowest BCUT2D eigenvalue weighted by atomic mass is 9.91. The van der Waals surface area contributed by atoms with Gasteiger partial charge in [-0.2, -0.15) is 0 Å². The van der Waals surface area contributed by atoms with Crippen LogP contribution >= 0.6 is 0 Å². The van der Waals surface area contributed by atoms with Crippen molar-refractivity contribution in [3.8, 4) is 0 Å². The zero-order valence-electron chi connectivity index (χ0n) is 9.84. The molecule has 1 heterocycles. The number of nitrogens with two attached hydrogens (primary N) is 1. The molecule has 4 nitrogen and oxygen atoms in total. The zero-order valence-corrected chi connectivity index (χ0v) is 10.7. The molecule has 0 aliphatic carbocycles. The summed E-state index contributed by atoms with van der Waals surface area (Å²) in [5.74, 6) is 0.556. The van der Waals surface area contributed by atoms with E-state index in [2.05, 4.69) is 19.2 Å². The number of nitrogens with one attached hydrogen (secondary N) is 1. The van der Waals surface area contributed by atoms with Gasteiger partial charge in [0, 0.05) is 12.1 Å². The van der Waals surface area contributed by atoms with Gasteiger partial charge in [-0.3, -0.25) is 0 Å². The van der Waals surface area contributed by atoms with Crippen LogP contribution < -0.4 is 11.1 Å². The molecule has 90 valence electrons. The maximum absolute atomic E-state index is 11.4. The molecule has 1 atom stereocenters. The van der Waals surface area contributed by atoms with Gasteiger partial charge in [0.15, 0.2) is 9.84 Å². The summed E-state index contributed by atoms with van der Waals surface area (Å²) in [5, 5.41) is 3.35. The molecule has 3 N–H and O–H groups in total. The lowest BCUT2D eigenvalue weighted by molar-refractivity contribution is 0.289. The molecule has 0 amide bonds. The standard InChI is InChI=1S/C10H22N2O2S/c1-9(2,6-11)7-12-10(3)4-5-15(13,14)8-10/h12H,4-8,11H2,1-3H3. The average molecular weight is 234 g/mol. The van der Waals surface area contributed by atoms with Crippen LogP contribution in [-0.2, 0) is 9.84 Å². The second-order valence-electron chi connectivity index (χ2n) is 5.62. The first-order valence-corrected chi connectivity index (χ1v) is 7.16. The van der Waals surface area contributed by atoms with Crippen LogP contribution in [0.3, 0.4) is 0 Å². The fourth-order valence-electron chi connectivity index (χ4n) is 1.67. The summed E-state index contributed by atoms with van der Waals surface area (Å²) in [7, 11) is -2.82. The topological polar surface area (TPSA) is 72.2 Å². The van der Waals surface area contributed by atoms with Gasteiger partial charge in [-0.25, -0.2) is 8.42 Å². The van der Waals surface area contributed by atoms with E-state index in [1.54, 1.807) is 0 Å². The van der Waals surface area contributed by atoms with Gasteiger partial charge < -0.3 is 11.1 Å². The molecule has 0 saturated carbocycles. The Bertz CT molecular complexity index is 324. The molecule has 0 bridgehead atoms. The summed E-state index contributed by atoms with van der Waals surface area (Å²) in [6, 6.07) is 0. The Hall–Kier alpha value is -0.130. The van der Waals surface area contributed by atoms with E-state index in [1.165, 1.54) is 0 Å². The van der Waals surface area contributed by atoms with Crippen LogP contribution in [0.1, 0.15) is 27.2 Å². The van der Waals surface area contributed by atoms with Gasteiger partial charge in [0.2, 0.25) is 0 Å². The summed E-state index contributed by atoms with van der Waals surface area (Å²) in [6.07, 6.45) is 0.704. The molecular formula is C10H22N2O2S. The number of sulfone groups is 1. The molecule has 1 aliphatic rings. The summed E-state index contributed by atoms with van der Waals surface area (Å²) in [6.45, 7) is 7.49. The summed E-state index contributed by atoms with van der Waals surface area (Å²) < 4.78 is 22.8. The molecule has 0 aromatic rings. The molecule has 0 radical (unpaired) electrons. The fourth-order valence-corrected chi connectivity index (χ4v) is 3.80. The van der Waals surface area contributed by atoms with Crippen molar-refractivity contribution in [2.75, 3.05) is 24.6 Å². The minimum Gasteiger partial charge on any atom is -0.330 e. The van der Waals surface area contributed by atoms with Gasteiger partial charge in [-0.05, 0) is 25.3 Å². The van der Waals surface area contributed by atoms with Gasteiger partial charge in [0.05, 0.1) is 11.5 Å². The van der Waals surface area contributed by atoms with E-state index in [0.29, 0.717) is 18.7 Å². The summed E-state index contributed by atoms with van der Waals surface area (Å²) >= 11 is 0. The van der Waals surface area contributed by atoms with Crippen LogP contribution in [0.4, 0.5) is 0 Å². The van der Waals surface area contributed by atoms with Crippen LogP contribution in [0.15, 0.2) is 0 Å². The molecule has 0 spiro atoms. The molecule has 1 saturated heterocycles. The third-order valence-corrected chi connectivity index (χ3v) is 4.95. The molecule has 0 aromatic carbocycles. The normalized spacial score (nSPS) is 30.7. The van der Waals surface area contributed by atoms with Gasteiger partial charge in [0.25, 0.3) is 0 Å². The maximum atomic E-state index is 11.4. The Labute approximate surface area is 92.5 Å². The van der Waals surface area contributed by atoms with Crippen LogP contribution in [0.5, 0.6) is 0 Å². The van der Waals surface area contributed by atoms with Crippen molar-refractivity contribution in [2.45, 2.75) is 32.7 Å². The van der Waals surface area contributed by atoms with E-state index in [-0.39, 0.29) is 16.7 Å². The largest absolute Gasteiger partial charge is 0.330 e. The number of hydrogen-bond donors (Lipinski definition) is 2. The van der Waals surface area contributed by atoms with Crippen molar-refractivity contribution in [2.24, 2.45) is 11.1 Å². The van der Waals surface area contributed by atoms with Crippen molar-refractivity contribution >= 4 is 9.84 Å². The fraction of sp³-hybridized carbons (Fsp3) is 1.00. The van der Waals surface area contributed by atoms with E-state index >= 15 is 0 Å². The van der Waals surface area contributed by atoms with Crippen LogP contribution in [0.25, 0.3) is 0 Å². The first-order valence-electron chi connectivity index (χ1n) is 5.34. The SMILES string of the molecule is CC(C)(CN)CNC1(C)CCS(=O)(=O)C1. The van der Waals surface area contributed by atoms with Crippen molar-refractivity contribution in [3.05, 3.63) is 0 Å². The van der Waals surface area contributed by atoms with E-state index in [0.717, 1.165) is 6.54 Å². The number of hydrogen-bond acceptors (Lipinski definition) is 4. The van der Waals surface area contributed by atoms with Gasteiger partial charge >= 0.3 is 0 Å². The van der Waals surface area contributed by atoms with E-state index in [9.17, 15) is 8.42 Å². The summed E-state index contributed by atoms with van der Waals surface area (Å²) in [5.41, 5.74) is 5.39. The van der Waals surface area contributed by atoms with E-state index < -0.39 is 9.84 Å². The first kappa shape index (κ1) is 12.9. The van der Waals surface area contributed by atoms with Gasteiger partial charge in [-0.15, -0.1) is 0 Å². The van der Waals surface area contributed by atoms with E-state index in [1.807, 2.05) is 6.92 Å². The Kier molecular flexibility index (Phi) is 3.48. The second-order valence-corrected chi connectivity index (χ2v) is 7.81. The maximum Gasteiger partial charge on any atom is 0.152 e. The highest BCUT2D eigenvalue weighted by Crippen LogP contribution is 2.24. The van der Waals surface area contributed by atoms with Crippen molar-refractivity contribution in [1.29, 1.82) is 0 Å². The molecule has 1 aliphatic heterocycles. The molecule has 1 fully saturated rings. The molecular weight excluding hydrogens is 212 g/mol. The minimum absolute atomic E-state index is 0.0232. The molecule has 0 aromatic heterocycles. The molecule has 5 heteroatoms. The van der Waals surface area contributed by atoms with Crippen LogP contribution in [0.2, 0.25) is 0 Å². The Morgan fingerprint density at radius 3 is 2.47 bits per heavy atom. The Morgan fingerprint density at radius 1 is 1.47 bits per heavy atom. The smallest absolute Gasteiger partial charge is 0.152 e. The molecule has 1 unspecified atom stereocenters. The minimum atomic E-state index is -2.82. The van der Waals surface area contributed by atoms with Gasteiger partial charge in [-0.1, -0.05) is 13.8 Å². The third kappa shape index (κ3) is 3.74. The highest BCUT2D eigenvalue weighted by molar-refractivity contribution is 7.91. The number of rotatable bonds is 4. The highest BCUT2D eigenvalue weighted by Gasteiger charge is 2.38.